The van der Waals surface area contributed by atoms with E-state index in [0.29, 0.717) is 0 Å². The average Bonchev–Trinajstić information content (AvgIpc) is 2.99. The highest BCUT2D eigenvalue weighted by molar-refractivity contribution is 7.99. The van der Waals surface area contributed by atoms with Crippen LogP contribution in [0, 0.1) is 6.92 Å². The zero-order valence-corrected chi connectivity index (χ0v) is 15.1. The van der Waals surface area contributed by atoms with Crippen LogP contribution in [-0.2, 0) is 0 Å². The third-order valence-corrected chi connectivity index (χ3v) is 4.51. The summed E-state index contributed by atoms with van der Waals surface area (Å²) in [6, 6.07) is 13.8. The second-order valence-electron chi connectivity index (χ2n) is 5.60. The molecule has 0 radical (unpaired) electrons. The van der Waals surface area contributed by atoms with Crippen molar-refractivity contribution in [2.24, 2.45) is 0 Å². The van der Waals surface area contributed by atoms with Gasteiger partial charge in [0.1, 0.15) is 5.75 Å². The molecule has 0 saturated carbocycles. The molecule has 0 amide bonds. The second-order valence-corrected chi connectivity index (χ2v) is 6.83. The molecule has 3 rings (SSSR count). The lowest BCUT2D eigenvalue weighted by Gasteiger charge is -2.13. The summed E-state index contributed by atoms with van der Waals surface area (Å²) in [5.41, 5.74) is 3.74. The van der Waals surface area contributed by atoms with Gasteiger partial charge in [-0.15, -0.1) is 13.2 Å². The molecular formula is C19H17F3N2OS. The van der Waals surface area contributed by atoms with E-state index in [1.807, 2.05) is 42.7 Å². The Labute approximate surface area is 153 Å². The lowest BCUT2D eigenvalue weighted by molar-refractivity contribution is -0.274. The number of thioether (sulfide) groups is 1. The SMILES string of the molecule is CCSc1ncc(-c2ccc(C)cc2)n1-c1ccc(OC(F)(F)F)cc1. The van der Waals surface area contributed by atoms with E-state index < -0.39 is 6.36 Å². The number of halogens is 3. The molecule has 7 heteroatoms. The summed E-state index contributed by atoms with van der Waals surface area (Å²) in [5.74, 6) is 0.586. The summed E-state index contributed by atoms with van der Waals surface area (Å²) in [7, 11) is 0. The number of hydrogen-bond acceptors (Lipinski definition) is 3. The van der Waals surface area contributed by atoms with Crippen LogP contribution in [0.3, 0.4) is 0 Å². The zero-order valence-electron chi connectivity index (χ0n) is 14.2. The Hall–Kier alpha value is -2.41. The topological polar surface area (TPSA) is 27.1 Å². The highest BCUT2D eigenvalue weighted by Gasteiger charge is 2.31. The van der Waals surface area contributed by atoms with Crippen molar-refractivity contribution in [1.29, 1.82) is 0 Å². The fourth-order valence-corrected chi connectivity index (χ4v) is 3.26. The Morgan fingerprint density at radius 2 is 1.69 bits per heavy atom. The minimum absolute atomic E-state index is 0.247. The van der Waals surface area contributed by atoms with Gasteiger partial charge in [0.2, 0.25) is 0 Å². The van der Waals surface area contributed by atoms with Crippen LogP contribution in [0.4, 0.5) is 13.2 Å². The number of rotatable bonds is 5. The zero-order chi connectivity index (χ0) is 18.7. The van der Waals surface area contributed by atoms with E-state index in [4.69, 9.17) is 0 Å². The molecule has 0 spiro atoms. The summed E-state index contributed by atoms with van der Waals surface area (Å²) in [5, 5.41) is 0.785. The van der Waals surface area contributed by atoms with Crippen LogP contribution in [0.1, 0.15) is 12.5 Å². The van der Waals surface area contributed by atoms with Gasteiger partial charge in [-0.2, -0.15) is 0 Å². The van der Waals surface area contributed by atoms with Crippen molar-refractivity contribution < 1.29 is 17.9 Å². The van der Waals surface area contributed by atoms with Gasteiger partial charge in [-0.3, -0.25) is 4.57 Å². The first-order chi connectivity index (χ1) is 12.4. The first-order valence-corrected chi connectivity index (χ1v) is 8.99. The maximum Gasteiger partial charge on any atom is 0.573 e. The van der Waals surface area contributed by atoms with Gasteiger partial charge in [-0.25, -0.2) is 4.98 Å². The molecule has 0 N–H and O–H groups in total. The molecule has 136 valence electrons. The molecule has 3 aromatic rings. The molecule has 0 aliphatic carbocycles. The lowest BCUT2D eigenvalue weighted by atomic mass is 10.1. The van der Waals surface area contributed by atoms with Gasteiger partial charge in [-0.05, 0) is 36.9 Å². The number of imidazole rings is 1. The molecular weight excluding hydrogens is 361 g/mol. The summed E-state index contributed by atoms with van der Waals surface area (Å²) < 4.78 is 43.0. The maximum absolute atomic E-state index is 12.4. The number of ether oxygens (including phenoxy) is 1. The van der Waals surface area contributed by atoms with Crippen LogP contribution in [0.15, 0.2) is 59.9 Å². The third kappa shape index (κ3) is 4.22. The number of aryl methyl sites for hydroxylation is 1. The predicted molar refractivity (Wildman–Crippen MR) is 96.8 cm³/mol. The molecule has 0 aliphatic rings. The van der Waals surface area contributed by atoms with E-state index in [1.165, 1.54) is 12.1 Å². The monoisotopic (exact) mass is 378 g/mol. The molecule has 0 unspecified atom stereocenters. The Morgan fingerprint density at radius 3 is 2.27 bits per heavy atom. The van der Waals surface area contributed by atoms with Gasteiger partial charge in [-0.1, -0.05) is 48.5 Å². The maximum atomic E-state index is 12.4. The number of nitrogens with zero attached hydrogens (tertiary/aromatic N) is 2. The number of aromatic nitrogens is 2. The van der Waals surface area contributed by atoms with Gasteiger partial charge < -0.3 is 4.74 Å². The van der Waals surface area contributed by atoms with Crippen molar-refractivity contribution in [1.82, 2.24) is 9.55 Å². The Bertz CT molecular complexity index is 871. The second kappa shape index (κ2) is 7.45. The Balaban J connectivity index is 2.02. The highest BCUT2D eigenvalue weighted by Crippen LogP contribution is 2.31. The molecule has 0 aliphatic heterocycles. The first-order valence-electron chi connectivity index (χ1n) is 8.01. The van der Waals surface area contributed by atoms with E-state index in [2.05, 4.69) is 9.72 Å². The van der Waals surface area contributed by atoms with Crippen LogP contribution in [0.5, 0.6) is 5.75 Å². The van der Waals surface area contributed by atoms with Crippen LogP contribution in [0.25, 0.3) is 16.9 Å². The summed E-state index contributed by atoms with van der Waals surface area (Å²) >= 11 is 1.57. The summed E-state index contributed by atoms with van der Waals surface area (Å²) in [6.45, 7) is 4.04. The molecule has 1 aromatic heterocycles. The van der Waals surface area contributed by atoms with Crippen molar-refractivity contribution in [3.05, 3.63) is 60.3 Å². The molecule has 0 fully saturated rings. The van der Waals surface area contributed by atoms with E-state index in [-0.39, 0.29) is 5.75 Å². The van der Waals surface area contributed by atoms with Crippen LogP contribution >= 0.6 is 11.8 Å². The van der Waals surface area contributed by atoms with Crippen molar-refractivity contribution in [3.8, 4) is 22.7 Å². The molecule has 3 nitrogen and oxygen atoms in total. The van der Waals surface area contributed by atoms with Gasteiger partial charge in [0.25, 0.3) is 0 Å². The minimum atomic E-state index is -4.70. The lowest BCUT2D eigenvalue weighted by Crippen LogP contribution is -2.17. The molecule has 26 heavy (non-hydrogen) atoms. The summed E-state index contributed by atoms with van der Waals surface area (Å²) in [4.78, 5) is 4.48. The fourth-order valence-electron chi connectivity index (χ4n) is 2.54. The molecule has 1 heterocycles. The Kier molecular flexibility index (Phi) is 5.27. The predicted octanol–water partition coefficient (Wildman–Crippen LogP) is 5.86. The van der Waals surface area contributed by atoms with Gasteiger partial charge in [0, 0.05) is 11.3 Å². The first kappa shape index (κ1) is 18.4. The number of alkyl halides is 3. The summed E-state index contributed by atoms with van der Waals surface area (Å²) in [6.07, 6.45) is -2.92. The van der Waals surface area contributed by atoms with Crippen LogP contribution in [0.2, 0.25) is 0 Å². The van der Waals surface area contributed by atoms with Gasteiger partial charge >= 0.3 is 6.36 Å². The molecule has 2 aromatic carbocycles. The number of benzene rings is 2. The van der Waals surface area contributed by atoms with Crippen LogP contribution < -0.4 is 4.74 Å². The largest absolute Gasteiger partial charge is 0.573 e. The average molecular weight is 378 g/mol. The Morgan fingerprint density at radius 1 is 1.04 bits per heavy atom. The van der Waals surface area contributed by atoms with Crippen LogP contribution in [-0.4, -0.2) is 21.7 Å². The molecule has 0 saturated heterocycles. The smallest absolute Gasteiger partial charge is 0.406 e. The van der Waals surface area contributed by atoms with Gasteiger partial charge in [0.05, 0.1) is 11.9 Å². The third-order valence-electron chi connectivity index (χ3n) is 3.68. The van der Waals surface area contributed by atoms with Crippen molar-refractivity contribution in [2.75, 3.05) is 5.75 Å². The standard InChI is InChI=1S/C19H17F3N2OS/c1-3-26-18-23-12-17(14-6-4-13(2)5-7-14)24(18)15-8-10-16(11-9-15)25-19(20,21)22/h4-12H,3H2,1-2H3. The minimum Gasteiger partial charge on any atom is -0.406 e. The normalized spacial score (nSPS) is 11.6. The van der Waals surface area contributed by atoms with Crippen molar-refractivity contribution in [3.63, 3.8) is 0 Å². The van der Waals surface area contributed by atoms with E-state index >= 15 is 0 Å². The molecule has 0 bridgehead atoms. The van der Waals surface area contributed by atoms with E-state index in [9.17, 15) is 13.2 Å². The van der Waals surface area contributed by atoms with E-state index in [0.717, 1.165) is 33.4 Å². The molecule has 0 atom stereocenters. The number of hydrogen-bond donors (Lipinski definition) is 0. The highest BCUT2D eigenvalue weighted by atomic mass is 32.2. The fraction of sp³-hybridized carbons (Fsp3) is 0.211. The quantitative estimate of drug-likeness (QED) is 0.521. The van der Waals surface area contributed by atoms with Crippen molar-refractivity contribution in [2.45, 2.75) is 25.4 Å². The van der Waals surface area contributed by atoms with E-state index in [1.54, 1.807) is 30.1 Å². The van der Waals surface area contributed by atoms with Crippen molar-refractivity contribution >= 4 is 11.8 Å². The van der Waals surface area contributed by atoms with Gasteiger partial charge in [0.15, 0.2) is 5.16 Å².